The first kappa shape index (κ1) is 19.7. The fourth-order valence-corrected chi connectivity index (χ4v) is 7.32. The van der Waals surface area contributed by atoms with Gasteiger partial charge >= 0.3 is 5.97 Å². The van der Waals surface area contributed by atoms with Gasteiger partial charge in [-0.05, 0) is 74.5 Å². The summed E-state index contributed by atoms with van der Waals surface area (Å²) in [5, 5.41) is 2.84. The molecule has 0 aromatic heterocycles. The second-order valence-corrected chi connectivity index (χ2v) is 10.6. The van der Waals surface area contributed by atoms with Crippen LogP contribution in [0.25, 0.3) is 0 Å². The molecule has 0 saturated heterocycles. The number of nitrogens with one attached hydrogen (secondary N) is 1. The van der Waals surface area contributed by atoms with E-state index in [2.05, 4.69) is 21.2 Å². The van der Waals surface area contributed by atoms with Crippen LogP contribution in [-0.2, 0) is 20.7 Å². The van der Waals surface area contributed by atoms with E-state index in [0.29, 0.717) is 18.4 Å². The summed E-state index contributed by atoms with van der Waals surface area (Å²) in [7, 11) is 1.64. The Morgan fingerprint density at radius 1 is 1.14 bits per heavy atom. The van der Waals surface area contributed by atoms with Gasteiger partial charge in [0.1, 0.15) is 5.75 Å². The molecular formula is C22H28BrNO4. The first-order valence-corrected chi connectivity index (χ1v) is 10.9. The van der Waals surface area contributed by atoms with Gasteiger partial charge in [0.15, 0.2) is 6.61 Å². The number of ether oxygens (including phenoxy) is 2. The summed E-state index contributed by atoms with van der Waals surface area (Å²) in [5.41, 5.74) is 0.742. The van der Waals surface area contributed by atoms with E-state index < -0.39 is 0 Å². The molecule has 28 heavy (non-hydrogen) atoms. The highest BCUT2D eigenvalue weighted by Crippen LogP contribution is 2.64. The van der Waals surface area contributed by atoms with E-state index in [9.17, 15) is 9.59 Å². The van der Waals surface area contributed by atoms with E-state index in [-0.39, 0.29) is 28.2 Å². The molecule has 1 aromatic rings. The predicted molar refractivity (Wildman–Crippen MR) is 109 cm³/mol. The Balaban J connectivity index is 1.23. The Hall–Kier alpha value is -1.56. The topological polar surface area (TPSA) is 64.6 Å². The molecule has 4 saturated carbocycles. The van der Waals surface area contributed by atoms with Crippen LogP contribution in [0.1, 0.15) is 44.1 Å². The second-order valence-electron chi connectivity index (χ2n) is 8.92. The van der Waals surface area contributed by atoms with Gasteiger partial charge in [-0.15, -0.1) is 0 Å². The summed E-state index contributed by atoms with van der Waals surface area (Å²) < 4.78 is 10.7. The van der Waals surface area contributed by atoms with Crippen LogP contribution in [-0.4, -0.2) is 36.5 Å². The molecule has 2 atom stereocenters. The standard InChI is InChI=1S/C22H28BrNO4/c1-27-18-4-2-15(3-5-18)6-7-24-19(25)13-28-20(26)21-9-16-8-17(10-21)12-22(23,11-16)14-21/h2-5,16-17H,6-14H2,1H3,(H,24,25)/t16-,17-,21?,22?/m1/s1. The Morgan fingerprint density at radius 2 is 1.82 bits per heavy atom. The average molecular weight is 450 g/mol. The molecule has 0 unspecified atom stereocenters. The third-order valence-corrected chi connectivity index (χ3v) is 7.58. The molecule has 1 N–H and O–H groups in total. The number of benzene rings is 1. The molecule has 5 nitrogen and oxygen atoms in total. The van der Waals surface area contributed by atoms with Crippen LogP contribution in [0.4, 0.5) is 0 Å². The first-order chi connectivity index (χ1) is 13.4. The van der Waals surface area contributed by atoms with Crippen LogP contribution < -0.4 is 10.1 Å². The number of carbonyl (C=O) groups is 2. The largest absolute Gasteiger partial charge is 0.497 e. The highest BCUT2D eigenvalue weighted by Gasteiger charge is 2.60. The summed E-state index contributed by atoms with van der Waals surface area (Å²) in [6, 6.07) is 7.77. The van der Waals surface area contributed by atoms with Crippen molar-refractivity contribution in [2.75, 3.05) is 20.3 Å². The molecular weight excluding hydrogens is 422 g/mol. The van der Waals surface area contributed by atoms with Crippen molar-refractivity contribution in [3.63, 3.8) is 0 Å². The summed E-state index contributed by atoms with van der Waals surface area (Å²) in [4.78, 5) is 25.0. The molecule has 4 aliphatic carbocycles. The minimum Gasteiger partial charge on any atom is -0.497 e. The molecule has 4 fully saturated rings. The van der Waals surface area contributed by atoms with Crippen molar-refractivity contribution in [2.45, 2.75) is 49.3 Å². The lowest BCUT2D eigenvalue weighted by atomic mass is 9.49. The van der Waals surface area contributed by atoms with Crippen molar-refractivity contribution in [3.8, 4) is 5.75 Å². The van der Waals surface area contributed by atoms with Crippen molar-refractivity contribution in [2.24, 2.45) is 17.3 Å². The van der Waals surface area contributed by atoms with Crippen LogP contribution in [0.5, 0.6) is 5.75 Å². The molecule has 1 aromatic carbocycles. The van der Waals surface area contributed by atoms with E-state index in [1.807, 2.05) is 24.3 Å². The quantitative estimate of drug-likeness (QED) is 0.509. The van der Waals surface area contributed by atoms with Gasteiger partial charge in [-0.3, -0.25) is 9.59 Å². The number of esters is 1. The molecule has 4 bridgehead atoms. The number of rotatable bonds is 7. The van der Waals surface area contributed by atoms with Crippen molar-refractivity contribution in [1.82, 2.24) is 5.32 Å². The normalized spacial score (nSPS) is 32.8. The summed E-state index contributed by atoms with van der Waals surface area (Å²) in [6.07, 6.45) is 7.01. The Morgan fingerprint density at radius 3 is 2.43 bits per heavy atom. The maximum Gasteiger partial charge on any atom is 0.312 e. The monoisotopic (exact) mass is 449 g/mol. The highest BCUT2D eigenvalue weighted by molar-refractivity contribution is 9.10. The fraction of sp³-hybridized carbons (Fsp3) is 0.636. The highest BCUT2D eigenvalue weighted by atomic mass is 79.9. The van der Waals surface area contributed by atoms with Crippen LogP contribution in [0.3, 0.4) is 0 Å². The minimum absolute atomic E-state index is 0.108. The first-order valence-electron chi connectivity index (χ1n) is 10.2. The number of amides is 1. The molecule has 152 valence electrons. The number of halogens is 1. The Bertz CT molecular complexity index is 733. The van der Waals surface area contributed by atoms with Crippen molar-refractivity contribution < 1.29 is 19.1 Å². The summed E-state index contributed by atoms with van der Waals surface area (Å²) in [5.74, 6) is 1.64. The van der Waals surface area contributed by atoms with Gasteiger partial charge in [0, 0.05) is 10.9 Å². The zero-order valence-corrected chi connectivity index (χ0v) is 17.9. The molecule has 0 spiro atoms. The predicted octanol–water partition coefficient (Wildman–Crippen LogP) is 3.63. The summed E-state index contributed by atoms with van der Waals surface area (Å²) in [6.45, 7) is 0.330. The van der Waals surface area contributed by atoms with Gasteiger partial charge < -0.3 is 14.8 Å². The van der Waals surface area contributed by atoms with Gasteiger partial charge in [-0.1, -0.05) is 28.1 Å². The Kier molecular flexibility index (Phi) is 5.43. The smallest absolute Gasteiger partial charge is 0.312 e. The number of methoxy groups -OCH3 is 1. The Labute approximate surface area is 174 Å². The lowest BCUT2D eigenvalue weighted by molar-refractivity contribution is -0.171. The third kappa shape index (κ3) is 4.07. The molecule has 5 rings (SSSR count). The number of alkyl halides is 1. The molecule has 1 amide bonds. The van der Waals surface area contributed by atoms with E-state index >= 15 is 0 Å². The second kappa shape index (κ2) is 7.69. The van der Waals surface area contributed by atoms with Crippen molar-refractivity contribution in [3.05, 3.63) is 29.8 Å². The van der Waals surface area contributed by atoms with Gasteiger partial charge in [0.2, 0.25) is 0 Å². The number of carbonyl (C=O) groups excluding carboxylic acids is 2. The van der Waals surface area contributed by atoms with Crippen molar-refractivity contribution in [1.29, 1.82) is 0 Å². The van der Waals surface area contributed by atoms with Gasteiger partial charge in [0.25, 0.3) is 5.91 Å². The maximum atomic E-state index is 12.9. The van der Waals surface area contributed by atoms with Gasteiger partial charge in [-0.2, -0.15) is 0 Å². The molecule has 0 heterocycles. The van der Waals surface area contributed by atoms with Crippen LogP contribution in [0.2, 0.25) is 0 Å². The minimum atomic E-state index is -0.378. The lowest BCUT2D eigenvalue weighted by Crippen LogP contribution is -2.56. The number of hydrogen-bond donors (Lipinski definition) is 1. The van der Waals surface area contributed by atoms with E-state index in [1.54, 1.807) is 7.11 Å². The van der Waals surface area contributed by atoms with E-state index in [0.717, 1.165) is 37.0 Å². The molecule has 0 radical (unpaired) electrons. The summed E-state index contributed by atoms with van der Waals surface area (Å²) >= 11 is 3.91. The van der Waals surface area contributed by atoms with Gasteiger partial charge in [0.05, 0.1) is 12.5 Å². The average Bonchev–Trinajstić information content (AvgIpc) is 2.64. The van der Waals surface area contributed by atoms with E-state index in [1.165, 1.54) is 19.3 Å². The molecule has 6 heteroatoms. The maximum absolute atomic E-state index is 12.9. The fourth-order valence-electron chi connectivity index (χ4n) is 5.86. The van der Waals surface area contributed by atoms with Crippen LogP contribution >= 0.6 is 15.9 Å². The SMILES string of the molecule is COc1ccc(CCNC(=O)COC(=O)C23C[C@H]4C[C@@H](CC(Br)(C4)C2)C3)cc1. The van der Waals surface area contributed by atoms with Crippen LogP contribution in [0, 0.1) is 17.3 Å². The van der Waals surface area contributed by atoms with Crippen LogP contribution in [0.15, 0.2) is 24.3 Å². The molecule has 4 aliphatic rings. The molecule has 0 aliphatic heterocycles. The van der Waals surface area contributed by atoms with Gasteiger partial charge in [-0.25, -0.2) is 0 Å². The lowest BCUT2D eigenvalue weighted by Gasteiger charge is -2.58. The zero-order chi connectivity index (χ0) is 19.8. The van der Waals surface area contributed by atoms with E-state index in [4.69, 9.17) is 9.47 Å². The zero-order valence-electron chi connectivity index (χ0n) is 16.3. The number of hydrogen-bond acceptors (Lipinski definition) is 4. The third-order valence-electron chi connectivity index (χ3n) is 6.65. The van der Waals surface area contributed by atoms with Crippen molar-refractivity contribution >= 4 is 27.8 Å².